The monoisotopic (exact) mass is 379 g/mol. The SMILES string of the molecule is Cn1c(=O)oc2cc(-c3ccc(CC(=O)c4c(F)cccc4F)cc3)ccc21. The van der Waals surface area contributed by atoms with Crippen LogP contribution in [0.3, 0.4) is 0 Å². The summed E-state index contributed by atoms with van der Waals surface area (Å²) in [6.07, 6.45) is -0.106. The molecular weight excluding hydrogens is 364 g/mol. The molecule has 0 aliphatic carbocycles. The zero-order valence-electron chi connectivity index (χ0n) is 14.9. The summed E-state index contributed by atoms with van der Waals surface area (Å²) in [6.45, 7) is 0. The van der Waals surface area contributed by atoms with Crippen molar-refractivity contribution in [1.82, 2.24) is 4.57 Å². The summed E-state index contributed by atoms with van der Waals surface area (Å²) in [5.41, 5.74) is 3.02. The summed E-state index contributed by atoms with van der Waals surface area (Å²) in [4.78, 5) is 23.9. The second-order valence-corrected chi connectivity index (χ2v) is 6.50. The first-order chi connectivity index (χ1) is 13.4. The van der Waals surface area contributed by atoms with E-state index in [9.17, 15) is 18.4 Å². The quantitative estimate of drug-likeness (QED) is 0.491. The van der Waals surface area contributed by atoms with E-state index in [1.807, 2.05) is 18.2 Å². The average Bonchev–Trinajstić information content (AvgIpc) is 2.95. The van der Waals surface area contributed by atoms with Crippen molar-refractivity contribution >= 4 is 16.9 Å². The maximum absolute atomic E-state index is 13.8. The zero-order chi connectivity index (χ0) is 19.8. The van der Waals surface area contributed by atoms with Crippen LogP contribution in [0.5, 0.6) is 0 Å². The van der Waals surface area contributed by atoms with Gasteiger partial charge in [0, 0.05) is 13.5 Å². The van der Waals surface area contributed by atoms with Crippen LogP contribution in [0.1, 0.15) is 15.9 Å². The topological polar surface area (TPSA) is 52.2 Å². The highest BCUT2D eigenvalue weighted by atomic mass is 19.1. The first-order valence-corrected chi connectivity index (χ1v) is 8.60. The molecule has 0 bridgehead atoms. The molecule has 0 unspecified atom stereocenters. The molecule has 4 nitrogen and oxygen atoms in total. The van der Waals surface area contributed by atoms with Crippen LogP contribution in [0.25, 0.3) is 22.2 Å². The fourth-order valence-corrected chi connectivity index (χ4v) is 3.17. The number of oxazole rings is 1. The minimum Gasteiger partial charge on any atom is -0.408 e. The highest BCUT2D eigenvalue weighted by molar-refractivity contribution is 5.98. The summed E-state index contributed by atoms with van der Waals surface area (Å²) >= 11 is 0. The minimum atomic E-state index is -0.862. The van der Waals surface area contributed by atoms with Crippen molar-refractivity contribution in [2.45, 2.75) is 6.42 Å². The van der Waals surface area contributed by atoms with E-state index in [-0.39, 0.29) is 6.42 Å². The number of ketones is 1. The molecule has 0 N–H and O–H groups in total. The number of aromatic nitrogens is 1. The number of benzene rings is 3. The van der Waals surface area contributed by atoms with E-state index in [1.54, 1.807) is 31.3 Å². The van der Waals surface area contributed by atoms with Gasteiger partial charge in [0.05, 0.1) is 11.1 Å². The molecule has 4 aromatic rings. The zero-order valence-corrected chi connectivity index (χ0v) is 14.9. The Morgan fingerprint density at radius 3 is 2.29 bits per heavy atom. The van der Waals surface area contributed by atoms with Gasteiger partial charge in [-0.1, -0.05) is 36.4 Å². The number of carbonyl (C=O) groups excluding carboxylic acids is 1. The van der Waals surface area contributed by atoms with Gasteiger partial charge in [-0.15, -0.1) is 0 Å². The number of rotatable bonds is 4. The number of fused-ring (bicyclic) bond motifs is 1. The van der Waals surface area contributed by atoms with Crippen LogP contribution < -0.4 is 5.76 Å². The number of aryl methyl sites for hydroxylation is 1. The number of hydrogen-bond donors (Lipinski definition) is 0. The Balaban J connectivity index is 1.59. The third kappa shape index (κ3) is 3.13. The highest BCUT2D eigenvalue weighted by Gasteiger charge is 2.17. The maximum atomic E-state index is 13.8. The predicted octanol–water partition coefficient (Wildman–Crippen LogP) is 4.50. The van der Waals surface area contributed by atoms with E-state index in [0.29, 0.717) is 16.7 Å². The maximum Gasteiger partial charge on any atom is 0.419 e. The number of nitrogens with zero attached hydrogens (tertiary/aromatic N) is 1. The number of carbonyl (C=O) groups is 1. The van der Waals surface area contributed by atoms with Crippen LogP contribution in [-0.2, 0) is 13.5 Å². The molecule has 0 spiro atoms. The molecule has 0 amide bonds. The summed E-state index contributed by atoms with van der Waals surface area (Å²) in [5, 5.41) is 0. The van der Waals surface area contributed by atoms with Crippen LogP contribution in [0.15, 0.2) is 69.9 Å². The Morgan fingerprint density at radius 1 is 0.964 bits per heavy atom. The van der Waals surface area contributed by atoms with Gasteiger partial charge in [-0.05, 0) is 41.0 Å². The lowest BCUT2D eigenvalue weighted by molar-refractivity contribution is 0.0985. The van der Waals surface area contributed by atoms with Gasteiger partial charge in [-0.25, -0.2) is 13.6 Å². The minimum absolute atomic E-state index is 0.106. The van der Waals surface area contributed by atoms with Crippen molar-refractivity contribution in [3.05, 3.63) is 94.0 Å². The van der Waals surface area contributed by atoms with E-state index in [2.05, 4.69) is 0 Å². The molecule has 0 radical (unpaired) electrons. The van der Waals surface area contributed by atoms with Gasteiger partial charge in [0.1, 0.15) is 11.6 Å². The molecule has 0 fully saturated rings. The predicted molar refractivity (Wildman–Crippen MR) is 101 cm³/mol. The summed E-state index contributed by atoms with van der Waals surface area (Å²) in [7, 11) is 1.64. The molecule has 28 heavy (non-hydrogen) atoms. The van der Waals surface area contributed by atoms with Gasteiger partial charge in [-0.2, -0.15) is 0 Å². The van der Waals surface area contributed by atoms with E-state index >= 15 is 0 Å². The van der Waals surface area contributed by atoms with Crippen molar-refractivity contribution in [3.8, 4) is 11.1 Å². The van der Waals surface area contributed by atoms with E-state index in [1.165, 1.54) is 10.6 Å². The Morgan fingerprint density at radius 2 is 1.61 bits per heavy atom. The second-order valence-electron chi connectivity index (χ2n) is 6.50. The molecule has 0 saturated heterocycles. The molecule has 0 aliphatic rings. The van der Waals surface area contributed by atoms with Gasteiger partial charge < -0.3 is 4.42 Å². The summed E-state index contributed by atoms with van der Waals surface area (Å²) < 4.78 is 34.1. The molecule has 1 heterocycles. The molecule has 0 aliphatic heterocycles. The van der Waals surface area contributed by atoms with Gasteiger partial charge in [0.2, 0.25) is 0 Å². The molecule has 4 rings (SSSR count). The third-order valence-corrected chi connectivity index (χ3v) is 4.69. The van der Waals surface area contributed by atoms with E-state index in [0.717, 1.165) is 23.3 Å². The fraction of sp³-hybridized carbons (Fsp3) is 0.0909. The van der Waals surface area contributed by atoms with Gasteiger partial charge in [-0.3, -0.25) is 9.36 Å². The van der Waals surface area contributed by atoms with Gasteiger partial charge in [0.15, 0.2) is 11.4 Å². The third-order valence-electron chi connectivity index (χ3n) is 4.69. The molecule has 1 aromatic heterocycles. The Kier molecular flexibility index (Phi) is 4.39. The van der Waals surface area contributed by atoms with Crippen molar-refractivity contribution in [3.63, 3.8) is 0 Å². The summed E-state index contributed by atoms with van der Waals surface area (Å²) in [5.74, 6) is -2.77. The number of halogens is 2. The first kappa shape index (κ1) is 17.9. The van der Waals surface area contributed by atoms with Crippen LogP contribution in [0.2, 0.25) is 0 Å². The lowest BCUT2D eigenvalue weighted by Crippen LogP contribution is -2.09. The Hall–Kier alpha value is -3.54. The smallest absolute Gasteiger partial charge is 0.408 e. The lowest BCUT2D eigenvalue weighted by atomic mass is 9.99. The van der Waals surface area contributed by atoms with Crippen molar-refractivity contribution in [1.29, 1.82) is 0 Å². The lowest BCUT2D eigenvalue weighted by Gasteiger charge is -2.06. The highest BCUT2D eigenvalue weighted by Crippen LogP contribution is 2.25. The molecule has 6 heteroatoms. The molecular formula is C22H15F2NO3. The first-order valence-electron chi connectivity index (χ1n) is 8.60. The normalized spacial score (nSPS) is 11.1. The molecule has 0 atom stereocenters. The largest absolute Gasteiger partial charge is 0.419 e. The van der Waals surface area contributed by atoms with Crippen molar-refractivity contribution in [2.75, 3.05) is 0 Å². The van der Waals surface area contributed by atoms with Crippen molar-refractivity contribution in [2.24, 2.45) is 7.05 Å². The average molecular weight is 379 g/mol. The Bertz CT molecular complexity index is 1230. The standard InChI is InChI=1S/C22H15F2NO3/c1-25-18-10-9-15(12-20(18)28-22(25)27)14-7-5-13(6-8-14)11-19(26)21-16(23)3-2-4-17(21)24/h2-10,12H,11H2,1H3. The number of Topliss-reactive ketones (excluding diaryl/α,β-unsaturated/α-hetero) is 1. The fourth-order valence-electron chi connectivity index (χ4n) is 3.17. The second kappa shape index (κ2) is 6.88. The van der Waals surface area contributed by atoms with Crippen molar-refractivity contribution < 1.29 is 18.0 Å². The molecule has 3 aromatic carbocycles. The number of hydrogen-bond acceptors (Lipinski definition) is 3. The van der Waals surface area contributed by atoms with Crippen LogP contribution in [-0.4, -0.2) is 10.4 Å². The Labute approximate surface area is 158 Å². The molecule has 140 valence electrons. The van der Waals surface area contributed by atoms with Gasteiger partial charge in [0.25, 0.3) is 0 Å². The van der Waals surface area contributed by atoms with Crippen LogP contribution >= 0.6 is 0 Å². The summed E-state index contributed by atoms with van der Waals surface area (Å²) in [6, 6.07) is 15.9. The van der Waals surface area contributed by atoms with Crippen LogP contribution in [0.4, 0.5) is 8.78 Å². The molecule has 0 saturated carbocycles. The van der Waals surface area contributed by atoms with E-state index in [4.69, 9.17) is 4.42 Å². The van der Waals surface area contributed by atoms with E-state index < -0.39 is 28.7 Å². The van der Waals surface area contributed by atoms with Gasteiger partial charge >= 0.3 is 5.76 Å². The van der Waals surface area contributed by atoms with Crippen LogP contribution in [0, 0.1) is 11.6 Å².